The zero-order valence-corrected chi connectivity index (χ0v) is 14.6. The van der Waals surface area contributed by atoms with Crippen LogP contribution in [0.15, 0.2) is 54.6 Å². The Morgan fingerprint density at radius 2 is 1.84 bits per heavy atom. The van der Waals surface area contributed by atoms with E-state index in [0.29, 0.717) is 12.2 Å². The molecule has 0 saturated carbocycles. The Kier molecular flexibility index (Phi) is 6.34. The molecule has 0 fully saturated rings. The van der Waals surface area contributed by atoms with Gasteiger partial charge in [0.05, 0.1) is 7.11 Å². The lowest BCUT2D eigenvalue weighted by Crippen LogP contribution is -2.20. The number of carbonyl (C=O) groups is 2. The summed E-state index contributed by atoms with van der Waals surface area (Å²) < 4.78 is 5.32. The molecule has 0 atom stereocenters. The molecule has 0 bridgehead atoms. The number of methoxy groups -OCH3 is 1. The second-order valence-corrected chi connectivity index (χ2v) is 5.63. The standard InChI is InChI=1S/C20H22N2O3/c1-14(18-9-4-5-10-19(18)25-3)11-20(24)21-13-16-7-6-8-17(12-16)22-15(2)23/h4-12H,13H2,1-3H3,(H,21,24)(H,22,23)/b14-11-. The van der Waals surface area contributed by atoms with Crippen LogP contribution in [0.3, 0.4) is 0 Å². The molecule has 0 radical (unpaired) electrons. The summed E-state index contributed by atoms with van der Waals surface area (Å²) in [6.07, 6.45) is 1.55. The van der Waals surface area contributed by atoms with Gasteiger partial charge < -0.3 is 15.4 Å². The average Bonchev–Trinajstić information content (AvgIpc) is 2.59. The van der Waals surface area contributed by atoms with Crippen molar-refractivity contribution >= 4 is 23.1 Å². The van der Waals surface area contributed by atoms with Gasteiger partial charge in [0, 0.05) is 30.8 Å². The molecule has 0 saturated heterocycles. The number of allylic oxidation sites excluding steroid dienone is 1. The van der Waals surface area contributed by atoms with Crippen LogP contribution in [0, 0.1) is 0 Å². The van der Waals surface area contributed by atoms with Crippen LogP contribution in [-0.2, 0) is 16.1 Å². The zero-order chi connectivity index (χ0) is 18.2. The van der Waals surface area contributed by atoms with Crippen LogP contribution < -0.4 is 15.4 Å². The summed E-state index contributed by atoms with van der Waals surface area (Å²) in [5.41, 5.74) is 3.32. The Labute approximate surface area is 147 Å². The van der Waals surface area contributed by atoms with Gasteiger partial charge in [-0.1, -0.05) is 30.3 Å². The number of amides is 2. The third kappa shape index (κ3) is 5.49. The first-order valence-corrected chi connectivity index (χ1v) is 7.95. The lowest BCUT2D eigenvalue weighted by Gasteiger charge is -2.09. The maximum Gasteiger partial charge on any atom is 0.244 e. The van der Waals surface area contributed by atoms with Crippen LogP contribution in [0.2, 0.25) is 0 Å². The van der Waals surface area contributed by atoms with Gasteiger partial charge in [-0.25, -0.2) is 0 Å². The molecule has 0 spiro atoms. The number of ether oxygens (including phenoxy) is 1. The van der Waals surface area contributed by atoms with Crippen molar-refractivity contribution in [3.8, 4) is 5.75 Å². The molecule has 0 aliphatic rings. The monoisotopic (exact) mass is 338 g/mol. The van der Waals surface area contributed by atoms with Crippen molar-refractivity contribution in [1.29, 1.82) is 0 Å². The fourth-order valence-corrected chi connectivity index (χ4v) is 2.45. The Hall–Kier alpha value is -3.08. The SMILES string of the molecule is COc1ccccc1/C(C)=C\C(=O)NCc1cccc(NC(C)=O)c1. The van der Waals surface area contributed by atoms with Crippen molar-refractivity contribution in [2.45, 2.75) is 20.4 Å². The van der Waals surface area contributed by atoms with Crippen LogP contribution in [0.4, 0.5) is 5.69 Å². The summed E-state index contributed by atoms with van der Waals surface area (Å²) in [4.78, 5) is 23.3. The highest BCUT2D eigenvalue weighted by Crippen LogP contribution is 2.24. The number of hydrogen-bond acceptors (Lipinski definition) is 3. The maximum absolute atomic E-state index is 12.2. The van der Waals surface area contributed by atoms with Crippen molar-refractivity contribution in [3.63, 3.8) is 0 Å². The van der Waals surface area contributed by atoms with E-state index in [9.17, 15) is 9.59 Å². The highest BCUT2D eigenvalue weighted by atomic mass is 16.5. The maximum atomic E-state index is 12.2. The summed E-state index contributed by atoms with van der Waals surface area (Å²) in [6.45, 7) is 3.71. The lowest BCUT2D eigenvalue weighted by atomic mass is 10.1. The largest absolute Gasteiger partial charge is 0.496 e. The van der Waals surface area contributed by atoms with Crippen molar-refractivity contribution in [2.75, 3.05) is 12.4 Å². The fourth-order valence-electron chi connectivity index (χ4n) is 2.45. The number of hydrogen-bond donors (Lipinski definition) is 2. The van der Waals surface area contributed by atoms with Crippen LogP contribution in [0.5, 0.6) is 5.75 Å². The molecule has 5 heteroatoms. The van der Waals surface area contributed by atoms with Gasteiger partial charge in [0.2, 0.25) is 11.8 Å². The Bertz CT molecular complexity index is 797. The predicted octanol–water partition coefficient (Wildman–Crippen LogP) is 3.37. The molecule has 0 aliphatic carbocycles. The first kappa shape index (κ1) is 18.3. The molecule has 2 N–H and O–H groups in total. The molecule has 5 nitrogen and oxygen atoms in total. The Morgan fingerprint density at radius 3 is 2.56 bits per heavy atom. The van der Waals surface area contributed by atoms with Gasteiger partial charge in [0.15, 0.2) is 0 Å². The number of nitrogens with one attached hydrogen (secondary N) is 2. The molecule has 2 rings (SSSR count). The van der Waals surface area contributed by atoms with Gasteiger partial charge in [0.1, 0.15) is 5.75 Å². The molecule has 0 aliphatic heterocycles. The Morgan fingerprint density at radius 1 is 1.08 bits per heavy atom. The quantitative estimate of drug-likeness (QED) is 0.794. The number of para-hydroxylation sites is 1. The molecular weight excluding hydrogens is 316 g/mol. The number of rotatable bonds is 6. The van der Waals surface area contributed by atoms with E-state index in [-0.39, 0.29) is 11.8 Å². The van der Waals surface area contributed by atoms with Crippen LogP contribution in [0.1, 0.15) is 25.0 Å². The zero-order valence-electron chi connectivity index (χ0n) is 14.6. The molecule has 2 amide bonds. The second kappa shape index (κ2) is 8.68. The molecule has 2 aromatic carbocycles. The normalized spacial score (nSPS) is 10.9. The van der Waals surface area contributed by atoms with Crippen molar-refractivity contribution in [1.82, 2.24) is 5.32 Å². The summed E-state index contributed by atoms with van der Waals surface area (Å²) in [5, 5.41) is 5.57. The van der Waals surface area contributed by atoms with Gasteiger partial charge in [0.25, 0.3) is 0 Å². The highest BCUT2D eigenvalue weighted by Gasteiger charge is 2.06. The molecule has 0 unspecified atom stereocenters. The molecule has 25 heavy (non-hydrogen) atoms. The van der Waals surface area contributed by atoms with Gasteiger partial charge in [-0.2, -0.15) is 0 Å². The van der Waals surface area contributed by atoms with Gasteiger partial charge >= 0.3 is 0 Å². The first-order chi connectivity index (χ1) is 12.0. The smallest absolute Gasteiger partial charge is 0.244 e. The van der Waals surface area contributed by atoms with Gasteiger partial charge in [-0.3, -0.25) is 9.59 Å². The minimum atomic E-state index is -0.187. The second-order valence-electron chi connectivity index (χ2n) is 5.63. The predicted molar refractivity (Wildman–Crippen MR) is 99.2 cm³/mol. The van der Waals surface area contributed by atoms with E-state index in [2.05, 4.69) is 10.6 Å². The van der Waals surface area contributed by atoms with Crippen molar-refractivity contribution in [3.05, 3.63) is 65.7 Å². The van der Waals surface area contributed by atoms with E-state index >= 15 is 0 Å². The number of carbonyl (C=O) groups excluding carboxylic acids is 2. The fraction of sp³-hybridized carbons (Fsp3) is 0.200. The first-order valence-electron chi connectivity index (χ1n) is 7.95. The third-order valence-corrected chi connectivity index (χ3v) is 3.59. The number of benzene rings is 2. The molecular formula is C20H22N2O3. The van der Waals surface area contributed by atoms with Crippen molar-refractivity contribution in [2.24, 2.45) is 0 Å². The van der Waals surface area contributed by atoms with E-state index in [1.165, 1.54) is 6.92 Å². The molecule has 0 aromatic heterocycles. The average molecular weight is 338 g/mol. The molecule has 130 valence electrons. The summed E-state index contributed by atoms with van der Waals surface area (Å²) in [7, 11) is 1.61. The van der Waals surface area contributed by atoms with E-state index in [4.69, 9.17) is 4.74 Å². The third-order valence-electron chi connectivity index (χ3n) is 3.59. The topological polar surface area (TPSA) is 67.4 Å². The minimum Gasteiger partial charge on any atom is -0.496 e. The molecule has 2 aromatic rings. The van der Waals surface area contributed by atoms with Crippen molar-refractivity contribution < 1.29 is 14.3 Å². The lowest BCUT2D eigenvalue weighted by molar-refractivity contribution is -0.116. The van der Waals surface area contributed by atoms with Crippen LogP contribution in [0.25, 0.3) is 5.57 Å². The van der Waals surface area contributed by atoms with Gasteiger partial charge in [-0.15, -0.1) is 0 Å². The summed E-state index contributed by atoms with van der Waals surface area (Å²) in [5.74, 6) is 0.414. The van der Waals surface area contributed by atoms with E-state index in [1.807, 2.05) is 49.4 Å². The Balaban J connectivity index is 2.01. The van der Waals surface area contributed by atoms with E-state index in [0.717, 1.165) is 22.4 Å². The van der Waals surface area contributed by atoms with Crippen LogP contribution >= 0.6 is 0 Å². The summed E-state index contributed by atoms with van der Waals surface area (Å²) in [6, 6.07) is 14.9. The summed E-state index contributed by atoms with van der Waals surface area (Å²) >= 11 is 0. The van der Waals surface area contributed by atoms with Crippen LogP contribution in [-0.4, -0.2) is 18.9 Å². The van der Waals surface area contributed by atoms with E-state index in [1.54, 1.807) is 19.3 Å². The minimum absolute atomic E-state index is 0.128. The van der Waals surface area contributed by atoms with Gasteiger partial charge in [-0.05, 0) is 36.3 Å². The van der Waals surface area contributed by atoms with E-state index < -0.39 is 0 Å². The number of anilines is 1. The highest BCUT2D eigenvalue weighted by molar-refractivity contribution is 5.95. The molecule has 0 heterocycles.